The normalized spacial score (nSPS) is 12.1. The fourth-order valence-corrected chi connectivity index (χ4v) is 1.27. The third-order valence-electron chi connectivity index (χ3n) is 2.08. The highest BCUT2D eigenvalue weighted by Gasteiger charge is 2.30. The molecule has 0 N–H and O–H groups in total. The number of carbonyl (C=O) groups is 3. The Morgan fingerprint density at radius 1 is 1.00 bits per heavy atom. The van der Waals surface area contributed by atoms with E-state index in [0.717, 1.165) is 0 Å². The zero-order chi connectivity index (χ0) is 12.7. The molecule has 0 aliphatic carbocycles. The van der Waals surface area contributed by atoms with Crippen LogP contribution in [0.2, 0.25) is 0 Å². The molecule has 0 fully saturated rings. The lowest BCUT2D eigenvalue weighted by Gasteiger charge is -2.13. The van der Waals surface area contributed by atoms with Crippen molar-refractivity contribution in [1.29, 1.82) is 0 Å². The van der Waals surface area contributed by atoms with E-state index in [9.17, 15) is 14.4 Å². The second-order valence-corrected chi connectivity index (χ2v) is 3.92. The van der Waals surface area contributed by atoms with Crippen LogP contribution in [0, 0.1) is 11.8 Å². The van der Waals surface area contributed by atoms with Crippen LogP contribution in [-0.4, -0.2) is 31.9 Å². The average molecular weight is 230 g/mol. The predicted octanol–water partition coefficient (Wildman–Crippen LogP) is 0.954. The van der Waals surface area contributed by atoms with Gasteiger partial charge in [-0.25, -0.2) is 0 Å². The number of ether oxygens (including phenoxy) is 2. The Morgan fingerprint density at radius 2 is 1.56 bits per heavy atom. The van der Waals surface area contributed by atoms with E-state index in [-0.39, 0.29) is 24.5 Å². The molecule has 0 aromatic rings. The number of carbonyl (C=O) groups excluding carboxylic acids is 3. The van der Waals surface area contributed by atoms with Gasteiger partial charge in [0, 0.05) is 6.42 Å². The molecule has 1 atom stereocenters. The Balaban J connectivity index is 4.60. The molecule has 0 amide bonds. The molecule has 0 rings (SSSR count). The smallest absolute Gasteiger partial charge is 0.316 e. The van der Waals surface area contributed by atoms with Gasteiger partial charge in [0.2, 0.25) is 0 Å². The van der Waals surface area contributed by atoms with E-state index in [2.05, 4.69) is 9.47 Å². The van der Waals surface area contributed by atoms with Crippen LogP contribution in [0.5, 0.6) is 0 Å². The van der Waals surface area contributed by atoms with Gasteiger partial charge in [0.15, 0.2) is 0 Å². The van der Waals surface area contributed by atoms with Crippen molar-refractivity contribution < 1.29 is 23.9 Å². The van der Waals surface area contributed by atoms with Crippen molar-refractivity contribution in [3.05, 3.63) is 0 Å². The largest absolute Gasteiger partial charge is 0.469 e. The van der Waals surface area contributed by atoms with Crippen molar-refractivity contribution in [1.82, 2.24) is 0 Å². The van der Waals surface area contributed by atoms with Crippen molar-refractivity contribution in [3.8, 4) is 0 Å². The van der Waals surface area contributed by atoms with E-state index in [1.165, 1.54) is 14.2 Å². The molecule has 0 aliphatic heterocycles. The summed E-state index contributed by atoms with van der Waals surface area (Å²) in [5.74, 6) is -2.46. The van der Waals surface area contributed by atoms with E-state index in [0.29, 0.717) is 0 Å². The van der Waals surface area contributed by atoms with Gasteiger partial charge in [0.1, 0.15) is 11.7 Å². The first kappa shape index (κ1) is 14.6. The first-order valence-electron chi connectivity index (χ1n) is 5.09. The molecule has 0 saturated carbocycles. The Kier molecular flexibility index (Phi) is 6.37. The highest BCUT2D eigenvalue weighted by molar-refractivity contribution is 6.01. The van der Waals surface area contributed by atoms with Crippen molar-refractivity contribution in [2.24, 2.45) is 11.8 Å². The van der Waals surface area contributed by atoms with E-state index in [1.807, 2.05) is 13.8 Å². The van der Waals surface area contributed by atoms with Gasteiger partial charge < -0.3 is 9.47 Å². The fraction of sp³-hybridized carbons (Fsp3) is 0.727. The topological polar surface area (TPSA) is 69.7 Å². The summed E-state index contributed by atoms with van der Waals surface area (Å²) >= 11 is 0. The molecule has 0 aromatic carbocycles. The maximum atomic E-state index is 11.7. The molecule has 0 spiro atoms. The Morgan fingerprint density at radius 3 is 1.94 bits per heavy atom. The van der Waals surface area contributed by atoms with Crippen LogP contribution in [0.15, 0.2) is 0 Å². The minimum absolute atomic E-state index is 0.136. The third-order valence-corrected chi connectivity index (χ3v) is 2.08. The second-order valence-electron chi connectivity index (χ2n) is 3.92. The van der Waals surface area contributed by atoms with Gasteiger partial charge >= 0.3 is 11.9 Å². The summed E-state index contributed by atoms with van der Waals surface area (Å²) in [6.45, 7) is 3.73. The Hall–Kier alpha value is -1.39. The lowest BCUT2D eigenvalue weighted by Crippen LogP contribution is -2.29. The monoisotopic (exact) mass is 230 g/mol. The maximum absolute atomic E-state index is 11.7. The van der Waals surface area contributed by atoms with Gasteiger partial charge in [0.05, 0.1) is 20.6 Å². The molecule has 0 radical (unpaired) electrons. The zero-order valence-electron chi connectivity index (χ0n) is 10.1. The summed E-state index contributed by atoms with van der Waals surface area (Å²) in [5.41, 5.74) is 0. The highest BCUT2D eigenvalue weighted by atomic mass is 16.5. The maximum Gasteiger partial charge on any atom is 0.316 e. The molecule has 0 aromatic heterocycles. The summed E-state index contributed by atoms with van der Waals surface area (Å²) in [5, 5.41) is 0. The number of methoxy groups -OCH3 is 2. The highest BCUT2D eigenvalue weighted by Crippen LogP contribution is 2.14. The number of ketones is 1. The molecule has 0 saturated heterocycles. The lowest BCUT2D eigenvalue weighted by molar-refractivity contribution is -0.155. The van der Waals surface area contributed by atoms with Gasteiger partial charge in [0.25, 0.3) is 0 Å². The summed E-state index contributed by atoms with van der Waals surface area (Å²) in [7, 11) is 2.40. The first-order valence-corrected chi connectivity index (χ1v) is 5.09. The van der Waals surface area contributed by atoms with Gasteiger partial charge in [-0.15, -0.1) is 0 Å². The van der Waals surface area contributed by atoms with Crippen LogP contribution < -0.4 is 0 Å². The van der Waals surface area contributed by atoms with Crippen LogP contribution in [0.3, 0.4) is 0 Å². The molecular formula is C11H18O5. The molecule has 0 unspecified atom stereocenters. The standard InChI is InChI=1S/C11H18O5/c1-7(2)5-9(12)8(11(14)16-4)6-10(13)15-3/h7-8H,5-6H2,1-4H3/t8-/m0/s1. The third kappa shape index (κ3) is 4.91. The predicted molar refractivity (Wildman–Crippen MR) is 56.6 cm³/mol. The fourth-order valence-electron chi connectivity index (χ4n) is 1.27. The van der Waals surface area contributed by atoms with Crippen molar-refractivity contribution in [2.75, 3.05) is 14.2 Å². The summed E-state index contributed by atoms with van der Waals surface area (Å²) in [4.78, 5) is 34.1. The van der Waals surface area contributed by atoms with Crippen molar-refractivity contribution in [2.45, 2.75) is 26.7 Å². The number of Topliss-reactive ketones (excluding diaryl/α,β-unsaturated/α-hetero) is 1. The number of hydrogen-bond donors (Lipinski definition) is 0. The molecular weight excluding hydrogens is 212 g/mol. The average Bonchev–Trinajstić information content (AvgIpc) is 2.23. The molecule has 0 bridgehead atoms. The minimum atomic E-state index is -1.04. The van der Waals surface area contributed by atoms with E-state index < -0.39 is 17.9 Å². The number of esters is 2. The van der Waals surface area contributed by atoms with Gasteiger partial charge in [-0.2, -0.15) is 0 Å². The quantitative estimate of drug-likeness (QED) is 0.502. The van der Waals surface area contributed by atoms with E-state index in [4.69, 9.17) is 0 Å². The summed E-state index contributed by atoms with van der Waals surface area (Å²) in [6, 6.07) is 0. The van der Waals surface area contributed by atoms with E-state index >= 15 is 0 Å². The van der Waals surface area contributed by atoms with Crippen molar-refractivity contribution in [3.63, 3.8) is 0 Å². The van der Waals surface area contributed by atoms with E-state index in [1.54, 1.807) is 0 Å². The Labute approximate surface area is 95.1 Å². The van der Waals surface area contributed by atoms with Gasteiger partial charge in [-0.05, 0) is 5.92 Å². The lowest BCUT2D eigenvalue weighted by atomic mass is 9.93. The second kappa shape index (κ2) is 6.98. The zero-order valence-corrected chi connectivity index (χ0v) is 10.1. The molecule has 5 heteroatoms. The van der Waals surface area contributed by atoms with Crippen LogP contribution >= 0.6 is 0 Å². The Bertz CT molecular complexity index is 270. The molecule has 5 nitrogen and oxygen atoms in total. The first-order chi connectivity index (χ1) is 7.42. The minimum Gasteiger partial charge on any atom is -0.469 e. The van der Waals surface area contributed by atoms with Gasteiger partial charge in [-0.1, -0.05) is 13.8 Å². The van der Waals surface area contributed by atoms with Crippen LogP contribution in [-0.2, 0) is 23.9 Å². The number of rotatable bonds is 6. The van der Waals surface area contributed by atoms with Crippen molar-refractivity contribution >= 4 is 17.7 Å². The summed E-state index contributed by atoms with van der Waals surface area (Å²) in [6.07, 6.45) is -0.00844. The van der Waals surface area contributed by atoms with Crippen LogP contribution in [0.4, 0.5) is 0 Å². The van der Waals surface area contributed by atoms with Crippen LogP contribution in [0.25, 0.3) is 0 Å². The van der Waals surface area contributed by atoms with Gasteiger partial charge in [-0.3, -0.25) is 14.4 Å². The van der Waals surface area contributed by atoms with Crippen LogP contribution in [0.1, 0.15) is 26.7 Å². The molecule has 16 heavy (non-hydrogen) atoms. The molecule has 92 valence electrons. The molecule has 0 heterocycles. The molecule has 0 aliphatic rings. The number of hydrogen-bond acceptors (Lipinski definition) is 5. The summed E-state index contributed by atoms with van der Waals surface area (Å²) < 4.78 is 8.92. The SMILES string of the molecule is COC(=O)C[C@@H](C(=O)CC(C)C)C(=O)OC.